The van der Waals surface area contributed by atoms with Gasteiger partial charge in [-0.3, -0.25) is 5.32 Å². The zero-order valence-corrected chi connectivity index (χ0v) is 13.9. The van der Waals surface area contributed by atoms with Crippen LogP contribution >= 0.6 is 0 Å². The molecule has 0 bridgehead atoms. The number of nitrogens with zero attached hydrogens (tertiary/aromatic N) is 2. The molecule has 3 unspecified atom stereocenters. The number of piperidine rings is 1. The second-order valence-corrected chi connectivity index (χ2v) is 6.85. The number of nitriles is 1. The highest BCUT2D eigenvalue weighted by atomic mass is 15.2. The summed E-state index contributed by atoms with van der Waals surface area (Å²) >= 11 is 0. The summed E-state index contributed by atoms with van der Waals surface area (Å²) in [6, 6.07) is 3.19. The molecule has 3 nitrogen and oxygen atoms in total. The van der Waals surface area contributed by atoms with Crippen molar-refractivity contribution >= 4 is 0 Å². The van der Waals surface area contributed by atoms with Crippen molar-refractivity contribution in [3.05, 3.63) is 0 Å². The van der Waals surface area contributed by atoms with Crippen LogP contribution in [0.15, 0.2) is 0 Å². The monoisotopic (exact) mass is 279 g/mol. The zero-order valence-electron chi connectivity index (χ0n) is 13.9. The van der Waals surface area contributed by atoms with E-state index in [0.29, 0.717) is 0 Å². The predicted octanol–water partition coefficient (Wildman–Crippen LogP) is 3.56. The first kappa shape index (κ1) is 17.5. The maximum Gasteiger partial charge on any atom is 0.103 e. The Hall–Kier alpha value is -0.590. The lowest BCUT2D eigenvalue weighted by atomic mass is 9.93. The van der Waals surface area contributed by atoms with Crippen molar-refractivity contribution in [2.24, 2.45) is 5.92 Å². The Labute approximate surface area is 125 Å². The van der Waals surface area contributed by atoms with E-state index in [1.807, 2.05) is 6.92 Å². The van der Waals surface area contributed by atoms with Crippen LogP contribution in [0.25, 0.3) is 0 Å². The molecule has 0 radical (unpaired) electrons. The lowest BCUT2D eigenvalue weighted by Gasteiger charge is -2.37. The summed E-state index contributed by atoms with van der Waals surface area (Å²) in [5.74, 6) is 0.849. The van der Waals surface area contributed by atoms with E-state index in [0.717, 1.165) is 37.8 Å². The molecule has 0 aromatic heterocycles. The van der Waals surface area contributed by atoms with Crippen molar-refractivity contribution < 1.29 is 0 Å². The molecule has 0 spiro atoms. The first-order valence-corrected chi connectivity index (χ1v) is 8.41. The molecule has 0 amide bonds. The third kappa shape index (κ3) is 5.81. The van der Waals surface area contributed by atoms with Crippen molar-refractivity contribution in [2.75, 3.05) is 19.6 Å². The van der Waals surface area contributed by atoms with Gasteiger partial charge in [0.25, 0.3) is 0 Å². The van der Waals surface area contributed by atoms with Crippen LogP contribution < -0.4 is 5.32 Å². The van der Waals surface area contributed by atoms with E-state index in [2.05, 4.69) is 37.1 Å². The van der Waals surface area contributed by atoms with Gasteiger partial charge in [0.2, 0.25) is 0 Å². The zero-order chi connectivity index (χ0) is 15.0. The maximum atomic E-state index is 9.31. The molecule has 1 fully saturated rings. The van der Waals surface area contributed by atoms with Crippen LogP contribution in [0.2, 0.25) is 0 Å². The quantitative estimate of drug-likeness (QED) is 0.691. The summed E-state index contributed by atoms with van der Waals surface area (Å²) in [7, 11) is 0. The smallest absolute Gasteiger partial charge is 0.103 e. The van der Waals surface area contributed by atoms with Crippen LogP contribution in [0.1, 0.15) is 66.2 Å². The summed E-state index contributed by atoms with van der Waals surface area (Å²) in [5, 5.41) is 12.7. The van der Waals surface area contributed by atoms with E-state index < -0.39 is 0 Å². The first-order chi connectivity index (χ1) is 9.50. The molecule has 0 aliphatic carbocycles. The van der Waals surface area contributed by atoms with Crippen molar-refractivity contribution in [2.45, 2.75) is 77.8 Å². The Morgan fingerprint density at radius 1 is 1.30 bits per heavy atom. The molecule has 20 heavy (non-hydrogen) atoms. The molecule has 3 atom stereocenters. The van der Waals surface area contributed by atoms with Crippen LogP contribution in [0.4, 0.5) is 0 Å². The minimum Gasteiger partial charge on any atom is -0.300 e. The molecule has 1 aliphatic rings. The second kappa shape index (κ2) is 8.64. The fraction of sp³-hybridized carbons (Fsp3) is 0.941. The predicted molar refractivity (Wildman–Crippen MR) is 85.6 cm³/mol. The van der Waals surface area contributed by atoms with Gasteiger partial charge < -0.3 is 4.90 Å². The number of hydrogen-bond acceptors (Lipinski definition) is 3. The number of likely N-dealkylation sites (tertiary alicyclic amines) is 1. The Morgan fingerprint density at radius 3 is 2.70 bits per heavy atom. The van der Waals surface area contributed by atoms with Gasteiger partial charge >= 0.3 is 0 Å². The van der Waals surface area contributed by atoms with Gasteiger partial charge in [0, 0.05) is 12.6 Å². The second-order valence-electron chi connectivity index (χ2n) is 6.85. The van der Waals surface area contributed by atoms with Crippen LogP contribution in [0, 0.1) is 17.2 Å². The van der Waals surface area contributed by atoms with E-state index >= 15 is 0 Å². The fourth-order valence-electron chi connectivity index (χ4n) is 3.07. The molecular formula is C17H33N3. The third-order valence-corrected chi connectivity index (χ3v) is 4.63. The summed E-state index contributed by atoms with van der Waals surface area (Å²) in [6.07, 6.45) is 7.11. The maximum absolute atomic E-state index is 9.31. The highest BCUT2D eigenvalue weighted by Crippen LogP contribution is 2.22. The molecule has 0 aromatic rings. The molecule has 1 heterocycles. The van der Waals surface area contributed by atoms with E-state index in [9.17, 15) is 5.26 Å². The van der Waals surface area contributed by atoms with Crippen LogP contribution in [-0.2, 0) is 0 Å². The van der Waals surface area contributed by atoms with Crippen molar-refractivity contribution in [1.29, 1.82) is 5.26 Å². The molecular weight excluding hydrogens is 246 g/mol. The van der Waals surface area contributed by atoms with Gasteiger partial charge in [-0.25, -0.2) is 0 Å². The molecule has 116 valence electrons. The average molecular weight is 279 g/mol. The standard InChI is InChI=1S/C17H33N3/c1-5-11-19-17(4,14-18)10-6-7-12-20-13-15(2)8-9-16(20)3/h15-16,19H,5-13H2,1-4H3. The largest absolute Gasteiger partial charge is 0.300 e. The van der Waals surface area contributed by atoms with Crippen LogP contribution in [0.5, 0.6) is 0 Å². The minimum atomic E-state index is -0.336. The summed E-state index contributed by atoms with van der Waals surface area (Å²) in [4.78, 5) is 2.64. The molecule has 3 heteroatoms. The van der Waals surface area contributed by atoms with E-state index in [-0.39, 0.29) is 5.54 Å². The molecule has 0 saturated carbocycles. The number of rotatable bonds is 8. The fourth-order valence-corrected chi connectivity index (χ4v) is 3.07. The Morgan fingerprint density at radius 2 is 2.05 bits per heavy atom. The minimum absolute atomic E-state index is 0.336. The summed E-state index contributed by atoms with van der Waals surface area (Å²) < 4.78 is 0. The summed E-state index contributed by atoms with van der Waals surface area (Å²) in [5.41, 5.74) is -0.336. The molecule has 0 aromatic carbocycles. The third-order valence-electron chi connectivity index (χ3n) is 4.63. The lowest BCUT2D eigenvalue weighted by Crippen LogP contribution is -2.42. The van der Waals surface area contributed by atoms with Gasteiger partial charge in [-0.1, -0.05) is 13.8 Å². The Balaban J connectivity index is 2.24. The van der Waals surface area contributed by atoms with Gasteiger partial charge in [-0.05, 0) is 71.4 Å². The highest BCUT2D eigenvalue weighted by Gasteiger charge is 2.24. The van der Waals surface area contributed by atoms with Crippen molar-refractivity contribution in [1.82, 2.24) is 10.2 Å². The van der Waals surface area contributed by atoms with Gasteiger partial charge in [-0.15, -0.1) is 0 Å². The lowest BCUT2D eigenvalue weighted by molar-refractivity contribution is 0.122. The van der Waals surface area contributed by atoms with Crippen molar-refractivity contribution in [3.8, 4) is 6.07 Å². The van der Waals surface area contributed by atoms with Gasteiger partial charge in [-0.2, -0.15) is 5.26 Å². The average Bonchev–Trinajstić information content (AvgIpc) is 2.45. The Bertz CT molecular complexity index is 310. The number of nitrogens with one attached hydrogen (secondary N) is 1. The Kier molecular flexibility index (Phi) is 7.55. The SMILES string of the molecule is CCCNC(C)(C#N)CCCCN1CC(C)CCC1C. The van der Waals surface area contributed by atoms with E-state index in [1.54, 1.807) is 0 Å². The molecule has 1 aliphatic heterocycles. The van der Waals surface area contributed by atoms with E-state index in [1.165, 1.54) is 32.4 Å². The molecule has 1 N–H and O–H groups in total. The number of unbranched alkanes of at least 4 members (excludes halogenated alkanes) is 1. The van der Waals surface area contributed by atoms with Crippen LogP contribution in [0.3, 0.4) is 0 Å². The van der Waals surface area contributed by atoms with Gasteiger partial charge in [0.15, 0.2) is 0 Å². The number of hydrogen-bond donors (Lipinski definition) is 1. The first-order valence-electron chi connectivity index (χ1n) is 8.41. The molecule has 1 saturated heterocycles. The normalized spacial score (nSPS) is 26.9. The van der Waals surface area contributed by atoms with Crippen LogP contribution in [-0.4, -0.2) is 36.1 Å². The topological polar surface area (TPSA) is 39.1 Å². The van der Waals surface area contributed by atoms with E-state index in [4.69, 9.17) is 0 Å². The highest BCUT2D eigenvalue weighted by molar-refractivity contribution is 5.03. The van der Waals surface area contributed by atoms with Crippen molar-refractivity contribution in [3.63, 3.8) is 0 Å². The summed E-state index contributed by atoms with van der Waals surface area (Å²) in [6.45, 7) is 12.3. The van der Waals surface area contributed by atoms with Gasteiger partial charge in [0.05, 0.1) is 6.07 Å². The van der Waals surface area contributed by atoms with Gasteiger partial charge in [0.1, 0.15) is 5.54 Å². The molecule has 1 rings (SSSR count).